The van der Waals surface area contributed by atoms with Crippen LogP contribution < -0.4 is 5.32 Å². The average Bonchev–Trinajstić information content (AvgIpc) is 2.83. The van der Waals surface area contributed by atoms with Crippen LogP contribution in [0.15, 0.2) is 22.8 Å². The summed E-state index contributed by atoms with van der Waals surface area (Å²) in [7, 11) is 1.87. The van der Waals surface area contributed by atoms with Gasteiger partial charge >= 0.3 is 0 Å². The Morgan fingerprint density at radius 1 is 1.47 bits per heavy atom. The third-order valence-electron chi connectivity index (χ3n) is 3.69. The Labute approximate surface area is 100 Å². The van der Waals surface area contributed by atoms with Crippen molar-refractivity contribution < 1.29 is 9.21 Å². The molecule has 2 unspecified atom stereocenters. The van der Waals surface area contributed by atoms with Crippen LogP contribution in [0.2, 0.25) is 0 Å². The van der Waals surface area contributed by atoms with Crippen molar-refractivity contribution in [3.63, 3.8) is 0 Å². The Kier molecular flexibility index (Phi) is 2.64. The van der Waals surface area contributed by atoms with E-state index in [9.17, 15) is 4.79 Å². The number of amides is 1. The lowest BCUT2D eigenvalue weighted by Gasteiger charge is -2.46. The molecule has 2 saturated heterocycles. The fourth-order valence-corrected chi connectivity index (χ4v) is 2.72. The number of carbonyl (C=O) groups is 1. The highest BCUT2D eigenvalue weighted by molar-refractivity contribution is 5.79. The van der Waals surface area contributed by atoms with Gasteiger partial charge in [-0.2, -0.15) is 0 Å². The van der Waals surface area contributed by atoms with Crippen LogP contribution in [0, 0.1) is 0 Å². The molecule has 0 saturated carbocycles. The van der Waals surface area contributed by atoms with Crippen molar-refractivity contribution in [2.45, 2.75) is 12.1 Å². The SMILES string of the molecule is CN1CC2CNCC(c3ccco3)N2CC1=O. The molecule has 0 aliphatic carbocycles. The zero-order chi connectivity index (χ0) is 11.8. The van der Waals surface area contributed by atoms with Crippen LogP contribution in [0.25, 0.3) is 0 Å². The van der Waals surface area contributed by atoms with Gasteiger partial charge in [0.25, 0.3) is 0 Å². The molecule has 3 heterocycles. The van der Waals surface area contributed by atoms with Crippen molar-refractivity contribution in [1.29, 1.82) is 0 Å². The Balaban J connectivity index is 1.84. The number of hydrogen-bond donors (Lipinski definition) is 1. The van der Waals surface area contributed by atoms with E-state index in [1.807, 2.05) is 24.1 Å². The maximum atomic E-state index is 11.8. The molecule has 5 nitrogen and oxygen atoms in total. The van der Waals surface area contributed by atoms with Gasteiger partial charge in [0.1, 0.15) is 5.76 Å². The predicted octanol–water partition coefficient (Wildman–Crippen LogP) is 0.0665. The summed E-state index contributed by atoms with van der Waals surface area (Å²) >= 11 is 0. The molecule has 17 heavy (non-hydrogen) atoms. The van der Waals surface area contributed by atoms with Crippen molar-refractivity contribution in [2.75, 3.05) is 33.2 Å². The molecule has 1 aromatic rings. The number of rotatable bonds is 1. The molecule has 5 heteroatoms. The molecule has 1 aromatic heterocycles. The minimum atomic E-state index is 0.182. The first-order valence-electron chi connectivity index (χ1n) is 5.99. The van der Waals surface area contributed by atoms with Crippen LogP contribution >= 0.6 is 0 Å². The number of fused-ring (bicyclic) bond motifs is 1. The highest BCUT2D eigenvalue weighted by Gasteiger charge is 2.38. The van der Waals surface area contributed by atoms with Gasteiger partial charge in [0.05, 0.1) is 18.8 Å². The summed E-state index contributed by atoms with van der Waals surface area (Å²) < 4.78 is 5.48. The highest BCUT2D eigenvalue weighted by Crippen LogP contribution is 2.27. The third kappa shape index (κ3) is 1.85. The number of hydrogen-bond acceptors (Lipinski definition) is 4. The summed E-state index contributed by atoms with van der Waals surface area (Å²) in [4.78, 5) is 15.9. The number of nitrogens with zero attached hydrogens (tertiary/aromatic N) is 2. The Hall–Kier alpha value is -1.33. The zero-order valence-corrected chi connectivity index (χ0v) is 9.93. The number of furan rings is 1. The molecule has 92 valence electrons. The summed E-state index contributed by atoms with van der Waals surface area (Å²) in [6.07, 6.45) is 1.69. The second-order valence-corrected chi connectivity index (χ2v) is 4.79. The van der Waals surface area contributed by atoms with E-state index in [0.29, 0.717) is 12.6 Å². The van der Waals surface area contributed by atoms with Crippen molar-refractivity contribution >= 4 is 5.91 Å². The molecule has 2 atom stereocenters. The summed E-state index contributed by atoms with van der Waals surface area (Å²) in [6.45, 7) is 3.08. The first kappa shape index (κ1) is 10.8. The molecule has 2 aliphatic rings. The van der Waals surface area contributed by atoms with E-state index in [0.717, 1.165) is 25.4 Å². The summed E-state index contributed by atoms with van der Waals surface area (Å²) in [5, 5.41) is 3.42. The standard InChI is InChI=1S/C12H17N3O2/c1-14-7-9-5-13-6-10(11-3-2-4-17-11)15(9)8-12(14)16/h2-4,9-10,13H,5-8H2,1H3. The molecule has 3 rings (SSSR count). The molecule has 1 N–H and O–H groups in total. The normalized spacial score (nSPS) is 30.4. The summed E-state index contributed by atoms with van der Waals surface area (Å²) in [5.74, 6) is 1.14. The van der Waals surface area contributed by atoms with Gasteiger partial charge in [-0.15, -0.1) is 0 Å². The van der Waals surface area contributed by atoms with E-state index in [1.165, 1.54) is 0 Å². The minimum absolute atomic E-state index is 0.182. The Bertz CT molecular complexity index is 404. The first-order valence-corrected chi connectivity index (χ1v) is 5.99. The molecule has 0 spiro atoms. The zero-order valence-electron chi connectivity index (χ0n) is 9.93. The van der Waals surface area contributed by atoms with Gasteiger partial charge < -0.3 is 14.6 Å². The van der Waals surface area contributed by atoms with Crippen molar-refractivity contribution in [3.05, 3.63) is 24.2 Å². The number of likely N-dealkylation sites (N-methyl/N-ethyl adjacent to an activating group) is 1. The fraction of sp³-hybridized carbons (Fsp3) is 0.583. The van der Waals surface area contributed by atoms with Crippen LogP contribution in [0.3, 0.4) is 0 Å². The molecule has 2 aliphatic heterocycles. The van der Waals surface area contributed by atoms with E-state index in [2.05, 4.69) is 10.2 Å². The van der Waals surface area contributed by atoms with Crippen molar-refractivity contribution in [2.24, 2.45) is 0 Å². The quantitative estimate of drug-likeness (QED) is 0.748. The van der Waals surface area contributed by atoms with E-state index >= 15 is 0 Å². The van der Waals surface area contributed by atoms with Crippen LogP contribution in [0.1, 0.15) is 11.8 Å². The van der Waals surface area contributed by atoms with Gasteiger partial charge in [-0.05, 0) is 12.1 Å². The lowest BCUT2D eigenvalue weighted by Crippen LogP contribution is -2.63. The highest BCUT2D eigenvalue weighted by atomic mass is 16.3. The third-order valence-corrected chi connectivity index (χ3v) is 3.69. The van der Waals surface area contributed by atoms with Crippen LogP contribution in [-0.2, 0) is 4.79 Å². The monoisotopic (exact) mass is 235 g/mol. The van der Waals surface area contributed by atoms with Gasteiger partial charge in [-0.3, -0.25) is 9.69 Å². The van der Waals surface area contributed by atoms with Gasteiger partial charge in [0.2, 0.25) is 5.91 Å². The minimum Gasteiger partial charge on any atom is -0.468 e. The van der Waals surface area contributed by atoms with E-state index in [1.54, 1.807) is 6.26 Å². The fourth-order valence-electron chi connectivity index (χ4n) is 2.72. The molecule has 2 fully saturated rings. The lowest BCUT2D eigenvalue weighted by atomic mass is 10.0. The summed E-state index contributed by atoms with van der Waals surface area (Å²) in [6, 6.07) is 4.46. The van der Waals surface area contributed by atoms with Crippen LogP contribution in [0.5, 0.6) is 0 Å². The van der Waals surface area contributed by atoms with E-state index in [-0.39, 0.29) is 11.9 Å². The Morgan fingerprint density at radius 2 is 2.35 bits per heavy atom. The van der Waals surface area contributed by atoms with Crippen molar-refractivity contribution in [1.82, 2.24) is 15.1 Å². The van der Waals surface area contributed by atoms with Crippen LogP contribution in [0.4, 0.5) is 0 Å². The number of piperazine rings is 2. The molecular formula is C12H17N3O2. The lowest BCUT2D eigenvalue weighted by molar-refractivity contribution is -0.139. The molecule has 0 bridgehead atoms. The van der Waals surface area contributed by atoms with Gasteiger partial charge in [0, 0.05) is 32.7 Å². The van der Waals surface area contributed by atoms with Gasteiger partial charge in [-0.25, -0.2) is 0 Å². The maximum absolute atomic E-state index is 11.8. The second-order valence-electron chi connectivity index (χ2n) is 4.79. The van der Waals surface area contributed by atoms with Crippen LogP contribution in [-0.4, -0.2) is 55.0 Å². The number of nitrogens with one attached hydrogen (secondary N) is 1. The predicted molar refractivity (Wildman–Crippen MR) is 62.4 cm³/mol. The molecule has 1 amide bonds. The summed E-state index contributed by atoms with van der Waals surface area (Å²) in [5.41, 5.74) is 0. The molecular weight excluding hydrogens is 218 g/mol. The smallest absolute Gasteiger partial charge is 0.236 e. The van der Waals surface area contributed by atoms with Gasteiger partial charge in [-0.1, -0.05) is 0 Å². The largest absolute Gasteiger partial charge is 0.468 e. The first-order chi connectivity index (χ1) is 8.25. The Morgan fingerprint density at radius 3 is 3.12 bits per heavy atom. The topological polar surface area (TPSA) is 48.7 Å². The number of carbonyl (C=O) groups excluding carboxylic acids is 1. The molecule has 0 radical (unpaired) electrons. The second kappa shape index (κ2) is 4.16. The molecule has 0 aromatic carbocycles. The van der Waals surface area contributed by atoms with E-state index in [4.69, 9.17) is 4.42 Å². The average molecular weight is 235 g/mol. The van der Waals surface area contributed by atoms with E-state index < -0.39 is 0 Å². The van der Waals surface area contributed by atoms with Gasteiger partial charge in [0.15, 0.2) is 0 Å². The van der Waals surface area contributed by atoms with Crippen molar-refractivity contribution in [3.8, 4) is 0 Å². The maximum Gasteiger partial charge on any atom is 0.236 e.